The maximum atomic E-state index is 8.49. The largest absolute Gasteiger partial charge is 0.494 e. The van der Waals surface area contributed by atoms with Gasteiger partial charge in [-0.15, -0.1) is 10.2 Å². The molecule has 1 unspecified atom stereocenters. The van der Waals surface area contributed by atoms with Crippen LogP contribution in [0.2, 0.25) is 0 Å². The van der Waals surface area contributed by atoms with Gasteiger partial charge in [0.2, 0.25) is 0 Å². The number of ketones is 1. The zero-order valence-electron chi connectivity index (χ0n) is 19.6. The van der Waals surface area contributed by atoms with Gasteiger partial charge in [-0.25, -0.2) is 23.1 Å². The van der Waals surface area contributed by atoms with E-state index in [2.05, 4.69) is 91.9 Å². The summed E-state index contributed by atoms with van der Waals surface area (Å²) in [5.74, 6) is 1.92. The fraction of sp³-hybridized carbons (Fsp3) is 0.250. The maximum Gasteiger partial charge on any atom is 0.337 e. The van der Waals surface area contributed by atoms with Crippen LogP contribution in [0.1, 0.15) is 53.7 Å². The van der Waals surface area contributed by atoms with Crippen LogP contribution in [0, 0.1) is 10.2 Å². The molecule has 0 aromatic heterocycles. The van der Waals surface area contributed by atoms with Crippen molar-refractivity contribution in [3.63, 3.8) is 0 Å². The lowest BCUT2D eigenvalue weighted by molar-refractivity contribution is -2.00. The van der Waals surface area contributed by atoms with Crippen molar-refractivity contribution < 1.29 is 38.0 Å². The van der Waals surface area contributed by atoms with Crippen molar-refractivity contribution in [2.45, 2.75) is 38.0 Å². The summed E-state index contributed by atoms with van der Waals surface area (Å²) in [6.07, 6.45) is 8.31. The number of hydrogen-bond acceptors (Lipinski definition) is 5. The van der Waals surface area contributed by atoms with Crippen LogP contribution < -0.4 is 23.4 Å². The summed E-state index contributed by atoms with van der Waals surface area (Å²) in [6.45, 7) is 2.98. The summed E-state index contributed by atoms with van der Waals surface area (Å²) in [6, 6.07) is 29.6. The molecule has 4 rings (SSSR count). The molecule has 1 atom stereocenters. The molecule has 0 saturated heterocycles. The summed E-state index contributed by atoms with van der Waals surface area (Å²) < 4.78 is 45.9. The van der Waals surface area contributed by atoms with Crippen LogP contribution in [-0.2, 0) is 5.41 Å². The van der Waals surface area contributed by atoms with Crippen molar-refractivity contribution in [1.29, 1.82) is 0 Å². The molecule has 0 N–H and O–H groups in total. The average molecular weight is 497 g/mol. The van der Waals surface area contributed by atoms with Gasteiger partial charge in [0.15, 0.2) is 0 Å². The van der Waals surface area contributed by atoms with E-state index < -0.39 is 10.2 Å². The minimum Gasteiger partial charge on any atom is -0.494 e. The molecule has 35 heavy (non-hydrogen) atoms. The minimum absolute atomic E-state index is 0.272. The molecule has 6 nitrogen and oxygen atoms in total. The van der Waals surface area contributed by atoms with E-state index in [0.29, 0.717) is 0 Å². The van der Waals surface area contributed by atoms with Crippen LogP contribution in [0.4, 0.5) is 0 Å². The smallest absolute Gasteiger partial charge is 0.337 e. The Morgan fingerprint density at radius 2 is 1.37 bits per heavy atom. The third kappa shape index (κ3) is 8.02. The molecule has 184 valence electrons. The Kier molecular flexibility index (Phi) is 9.60. The first-order valence-corrected chi connectivity index (χ1v) is 12.7. The van der Waals surface area contributed by atoms with Gasteiger partial charge in [0.1, 0.15) is 5.75 Å². The highest BCUT2D eigenvalue weighted by Gasteiger charge is 2.41. The van der Waals surface area contributed by atoms with Gasteiger partial charge in [-0.1, -0.05) is 80.4 Å². The van der Waals surface area contributed by atoms with Crippen LogP contribution in [0.5, 0.6) is 5.75 Å². The van der Waals surface area contributed by atoms with E-state index in [4.69, 9.17) is 27.8 Å². The number of carbonyl (C=O) groups excluding carboxylic acids is 1. The molecule has 3 aromatic rings. The summed E-state index contributed by atoms with van der Waals surface area (Å²) in [4.78, 5) is 0. The third-order valence-electron chi connectivity index (χ3n) is 5.77. The first-order valence-electron chi connectivity index (χ1n) is 11.5. The van der Waals surface area contributed by atoms with Crippen molar-refractivity contribution in [2.24, 2.45) is 0 Å². The van der Waals surface area contributed by atoms with Crippen LogP contribution in [-0.4, -0.2) is 12.4 Å². The van der Waals surface area contributed by atoms with Gasteiger partial charge in [0, 0.05) is 6.08 Å². The Hall–Kier alpha value is -3.00. The molecule has 0 radical (unpaired) electrons. The van der Waals surface area contributed by atoms with Gasteiger partial charge in [-0.05, 0) is 41.8 Å². The molecular formula is C28H29ClO6. The van der Waals surface area contributed by atoms with Gasteiger partial charge in [-0.2, -0.15) is 0 Å². The molecule has 1 heterocycles. The van der Waals surface area contributed by atoms with Gasteiger partial charge >= 0.3 is 12.0 Å². The first kappa shape index (κ1) is 26.6. The lowest BCUT2D eigenvalue weighted by atomic mass is 9.70. The lowest BCUT2D eigenvalue weighted by Gasteiger charge is -2.30. The highest BCUT2D eigenvalue weighted by Crippen LogP contribution is 2.40. The summed E-state index contributed by atoms with van der Waals surface area (Å²) in [5, 5.41) is 0. The second-order valence-corrected chi connectivity index (χ2v) is 8.94. The van der Waals surface area contributed by atoms with E-state index in [9.17, 15) is 0 Å². The predicted molar refractivity (Wildman–Crippen MR) is 123 cm³/mol. The minimum atomic E-state index is -4.94. The van der Waals surface area contributed by atoms with E-state index in [0.717, 1.165) is 36.5 Å². The van der Waals surface area contributed by atoms with Crippen molar-refractivity contribution in [3.05, 3.63) is 114 Å². The van der Waals surface area contributed by atoms with Gasteiger partial charge in [0.25, 0.3) is 0 Å². The average Bonchev–Trinajstić information content (AvgIpc) is 2.87. The molecule has 0 bridgehead atoms. The molecule has 1 aliphatic heterocycles. The summed E-state index contributed by atoms with van der Waals surface area (Å²) >= 11 is 0. The van der Waals surface area contributed by atoms with Crippen LogP contribution in [0.25, 0.3) is 0 Å². The number of unbranched alkanes of at least 4 members (excludes halogenated alkanes) is 2. The molecule has 0 fully saturated rings. The fourth-order valence-corrected chi connectivity index (χ4v) is 4.07. The van der Waals surface area contributed by atoms with Gasteiger partial charge in [-0.3, -0.25) is 0 Å². The second-order valence-electron chi connectivity index (χ2n) is 8.18. The van der Waals surface area contributed by atoms with E-state index in [1.165, 1.54) is 24.0 Å². The quantitative estimate of drug-likeness (QED) is 0.350. The van der Waals surface area contributed by atoms with E-state index in [1.54, 1.807) is 0 Å². The highest BCUT2D eigenvalue weighted by atomic mass is 35.7. The molecule has 1 aliphatic rings. The SMILES string of the molecule is CCCCCOc1ccc(C2(c3ccccc3)C=C[O+]=C(c3ccccc3)C2)cc1.[O-][Cl+3]([O-])([O-])[O-]. The zero-order chi connectivity index (χ0) is 25.2. The van der Waals surface area contributed by atoms with E-state index in [-0.39, 0.29) is 5.41 Å². The Balaban J connectivity index is 0.000000623. The molecule has 0 aliphatic carbocycles. The van der Waals surface area contributed by atoms with E-state index in [1.807, 2.05) is 12.3 Å². The first-order chi connectivity index (χ1) is 16.8. The van der Waals surface area contributed by atoms with Gasteiger partial charge in [0.05, 0.1) is 24.0 Å². The monoisotopic (exact) mass is 496 g/mol. The van der Waals surface area contributed by atoms with Crippen molar-refractivity contribution in [3.8, 4) is 5.75 Å². The number of benzene rings is 3. The number of hydrogen-bond donors (Lipinski definition) is 0. The molecular weight excluding hydrogens is 468 g/mol. The Morgan fingerprint density at radius 1 is 0.800 bits per heavy atom. The van der Waals surface area contributed by atoms with E-state index >= 15 is 0 Å². The standard InChI is InChI=1S/C28H29O2.ClHO4/c1-2-3-10-20-29-26-17-15-25(16-18-26)28(24-13-8-5-9-14-24)19-21-30-27(22-28)23-11-6-4-7-12-23;2-1(3,4)5/h4-9,11-19,21H,2-3,10,20,22H2,1H3;(H,2,3,4,5)/q+1;/p-1. The topological polar surface area (TPSA) is 113 Å². The lowest BCUT2D eigenvalue weighted by Crippen LogP contribution is -2.68. The van der Waals surface area contributed by atoms with Crippen LogP contribution in [0.15, 0.2) is 97.3 Å². The van der Waals surface area contributed by atoms with Crippen molar-refractivity contribution >= 4 is 5.78 Å². The Bertz CT molecular complexity index is 1090. The summed E-state index contributed by atoms with van der Waals surface area (Å²) in [5.41, 5.74) is 3.35. The Labute approximate surface area is 208 Å². The molecule has 0 saturated carbocycles. The van der Waals surface area contributed by atoms with Crippen LogP contribution in [0.3, 0.4) is 0 Å². The number of halogens is 1. The number of allylic oxidation sites excluding steroid dienone is 1. The third-order valence-corrected chi connectivity index (χ3v) is 5.77. The summed E-state index contributed by atoms with van der Waals surface area (Å²) in [7, 11) is -4.94. The molecule has 7 heteroatoms. The zero-order valence-corrected chi connectivity index (χ0v) is 20.4. The second kappa shape index (κ2) is 12.6. The highest BCUT2D eigenvalue weighted by molar-refractivity contribution is 5.98. The molecule has 0 spiro atoms. The number of ether oxygens (including phenoxy) is 1. The predicted octanol–water partition coefficient (Wildman–Crippen LogP) is 2.12. The maximum absolute atomic E-state index is 8.49. The van der Waals surface area contributed by atoms with Crippen molar-refractivity contribution in [1.82, 2.24) is 0 Å². The number of rotatable bonds is 8. The molecule has 3 aromatic carbocycles. The van der Waals surface area contributed by atoms with Crippen molar-refractivity contribution in [2.75, 3.05) is 6.61 Å². The normalized spacial score (nSPS) is 17.2. The van der Waals surface area contributed by atoms with Gasteiger partial charge < -0.3 is 4.74 Å². The van der Waals surface area contributed by atoms with Crippen LogP contribution >= 0.6 is 0 Å². The molecule has 0 amide bonds. The Morgan fingerprint density at radius 3 is 1.97 bits per heavy atom. The fourth-order valence-electron chi connectivity index (χ4n) is 4.07.